The van der Waals surface area contributed by atoms with Gasteiger partial charge in [-0.05, 0) is 29.5 Å². The van der Waals surface area contributed by atoms with Crippen LogP contribution >= 0.6 is 15.9 Å². The molecule has 2 rings (SSSR count). The molecule has 1 aromatic carbocycles. The van der Waals surface area contributed by atoms with Gasteiger partial charge in [0.15, 0.2) is 0 Å². The van der Waals surface area contributed by atoms with E-state index in [0.717, 1.165) is 35.7 Å². The van der Waals surface area contributed by atoms with Crippen LogP contribution in [-0.2, 0) is 9.59 Å². The molecule has 21 heavy (non-hydrogen) atoms. The second kappa shape index (κ2) is 6.73. The largest absolute Gasteiger partial charge is 0.296 e. The Bertz CT molecular complexity index is 526. The Kier molecular flexibility index (Phi) is 5.20. The highest BCUT2D eigenvalue weighted by molar-refractivity contribution is 9.10. The van der Waals surface area contributed by atoms with Gasteiger partial charge in [-0.3, -0.25) is 14.9 Å². The van der Waals surface area contributed by atoms with E-state index in [2.05, 4.69) is 35.1 Å². The van der Waals surface area contributed by atoms with Gasteiger partial charge in [0.25, 0.3) is 0 Å². The molecule has 4 heteroatoms. The highest BCUT2D eigenvalue weighted by Gasteiger charge is 2.45. The number of piperidine rings is 1. The Balaban J connectivity index is 2.30. The van der Waals surface area contributed by atoms with Crippen LogP contribution in [0.2, 0.25) is 0 Å². The molecule has 2 unspecified atom stereocenters. The van der Waals surface area contributed by atoms with Crippen molar-refractivity contribution in [3.05, 3.63) is 34.3 Å². The van der Waals surface area contributed by atoms with Crippen LogP contribution in [0.3, 0.4) is 0 Å². The summed E-state index contributed by atoms with van der Waals surface area (Å²) in [5, 5.41) is 2.50. The molecule has 1 saturated heterocycles. The van der Waals surface area contributed by atoms with Gasteiger partial charge in [0.2, 0.25) is 11.8 Å². The summed E-state index contributed by atoms with van der Waals surface area (Å²) in [7, 11) is 0. The number of unbranched alkanes of at least 4 members (excludes halogenated alkanes) is 2. The number of amides is 2. The van der Waals surface area contributed by atoms with Crippen molar-refractivity contribution in [1.82, 2.24) is 5.32 Å². The summed E-state index contributed by atoms with van der Waals surface area (Å²) in [6.45, 7) is 4.24. The van der Waals surface area contributed by atoms with Crippen LogP contribution in [0, 0.1) is 5.41 Å². The van der Waals surface area contributed by atoms with Crippen LogP contribution in [0.25, 0.3) is 0 Å². The molecule has 0 spiro atoms. The molecular weight excluding hydrogens is 330 g/mol. The van der Waals surface area contributed by atoms with Gasteiger partial charge in [-0.25, -0.2) is 0 Å². The van der Waals surface area contributed by atoms with E-state index in [1.165, 1.54) is 0 Å². The number of rotatable bonds is 5. The van der Waals surface area contributed by atoms with Gasteiger partial charge in [-0.1, -0.05) is 61.2 Å². The van der Waals surface area contributed by atoms with Crippen molar-refractivity contribution in [2.75, 3.05) is 0 Å². The summed E-state index contributed by atoms with van der Waals surface area (Å²) in [5.74, 6) is -0.555. The summed E-state index contributed by atoms with van der Waals surface area (Å²) >= 11 is 3.42. The van der Waals surface area contributed by atoms with Gasteiger partial charge in [0, 0.05) is 10.9 Å². The van der Waals surface area contributed by atoms with Crippen molar-refractivity contribution < 1.29 is 9.59 Å². The van der Waals surface area contributed by atoms with E-state index >= 15 is 0 Å². The molecule has 2 amide bonds. The second-order valence-electron chi connectivity index (χ2n) is 6.18. The Labute approximate surface area is 134 Å². The maximum atomic E-state index is 12.4. The molecule has 114 valence electrons. The Hall–Kier alpha value is -1.16. The van der Waals surface area contributed by atoms with E-state index in [9.17, 15) is 9.59 Å². The van der Waals surface area contributed by atoms with Crippen molar-refractivity contribution in [1.29, 1.82) is 0 Å². The van der Waals surface area contributed by atoms with E-state index in [0.29, 0.717) is 6.42 Å². The number of carbonyl (C=O) groups is 2. The van der Waals surface area contributed by atoms with E-state index in [1.54, 1.807) is 0 Å². The average Bonchev–Trinajstić information content (AvgIpc) is 2.40. The zero-order valence-electron chi connectivity index (χ0n) is 12.6. The predicted molar refractivity (Wildman–Crippen MR) is 86.9 cm³/mol. The number of carbonyl (C=O) groups excluding carboxylic acids is 2. The highest BCUT2D eigenvalue weighted by atomic mass is 79.9. The van der Waals surface area contributed by atoms with Crippen LogP contribution in [0.5, 0.6) is 0 Å². The van der Waals surface area contributed by atoms with E-state index in [4.69, 9.17) is 0 Å². The van der Waals surface area contributed by atoms with Crippen molar-refractivity contribution >= 4 is 27.7 Å². The van der Waals surface area contributed by atoms with Gasteiger partial charge >= 0.3 is 0 Å². The van der Waals surface area contributed by atoms with Gasteiger partial charge in [0.05, 0.1) is 5.92 Å². The fraction of sp³-hybridized carbons (Fsp3) is 0.529. The number of hydrogen-bond donors (Lipinski definition) is 1. The molecule has 1 fully saturated rings. The fourth-order valence-corrected chi connectivity index (χ4v) is 3.52. The molecule has 0 bridgehead atoms. The third kappa shape index (κ3) is 3.73. The summed E-state index contributed by atoms with van der Waals surface area (Å²) in [6, 6.07) is 7.85. The Morgan fingerprint density at radius 2 is 1.90 bits per heavy atom. The Morgan fingerprint density at radius 1 is 1.24 bits per heavy atom. The lowest BCUT2D eigenvalue weighted by Gasteiger charge is -2.40. The number of halogens is 1. The monoisotopic (exact) mass is 351 g/mol. The van der Waals surface area contributed by atoms with Crippen molar-refractivity contribution in [2.45, 2.75) is 51.9 Å². The minimum atomic E-state index is -0.289. The third-order valence-corrected chi connectivity index (χ3v) is 4.87. The third-order valence-electron chi connectivity index (χ3n) is 4.34. The zero-order chi connectivity index (χ0) is 15.5. The van der Waals surface area contributed by atoms with Crippen molar-refractivity contribution in [3.8, 4) is 0 Å². The topological polar surface area (TPSA) is 46.2 Å². The van der Waals surface area contributed by atoms with Crippen molar-refractivity contribution in [2.24, 2.45) is 5.41 Å². The molecule has 0 saturated carbocycles. The molecule has 0 aliphatic carbocycles. The normalized spacial score (nSPS) is 25.8. The van der Waals surface area contributed by atoms with Gasteiger partial charge in [-0.15, -0.1) is 0 Å². The van der Waals surface area contributed by atoms with Crippen LogP contribution in [0.1, 0.15) is 57.4 Å². The molecule has 1 aliphatic heterocycles. The maximum Gasteiger partial charge on any atom is 0.234 e. The molecule has 0 radical (unpaired) electrons. The highest BCUT2D eigenvalue weighted by Crippen LogP contribution is 2.45. The number of nitrogens with one attached hydrogen (secondary N) is 1. The average molecular weight is 352 g/mol. The number of hydrogen-bond acceptors (Lipinski definition) is 2. The minimum Gasteiger partial charge on any atom is -0.296 e. The summed E-state index contributed by atoms with van der Waals surface area (Å²) < 4.78 is 0.992. The zero-order valence-corrected chi connectivity index (χ0v) is 14.2. The van der Waals surface area contributed by atoms with Crippen LogP contribution in [-0.4, -0.2) is 11.8 Å². The molecule has 2 atom stereocenters. The molecule has 3 nitrogen and oxygen atoms in total. The quantitative estimate of drug-likeness (QED) is 0.639. The first-order chi connectivity index (χ1) is 9.96. The number of benzene rings is 1. The lowest BCUT2D eigenvalue weighted by molar-refractivity contribution is -0.139. The van der Waals surface area contributed by atoms with E-state index < -0.39 is 0 Å². The standard InChI is InChI=1S/C17H22BrNO2/c1-3-4-5-10-17(2)11-14(20)19-16(21)15(17)12-6-8-13(18)9-7-12/h6-9,15H,3-5,10-11H2,1-2H3,(H,19,20,21). The molecular formula is C17H22BrNO2. The summed E-state index contributed by atoms with van der Waals surface area (Å²) in [6.07, 6.45) is 4.65. The molecule has 1 heterocycles. The summed E-state index contributed by atoms with van der Waals surface area (Å²) in [4.78, 5) is 24.2. The lowest BCUT2D eigenvalue weighted by atomic mass is 9.66. The second-order valence-corrected chi connectivity index (χ2v) is 7.10. The number of imide groups is 1. The SMILES string of the molecule is CCCCCC1(C)CC(=O)NC(=O)C1c1ccc(Br)cc1. The van der Waals surface area contributed by atoms with Gasteiger partial charge < -0.3 is 0 Å². The first kappa shape index (κ1) is 16.2. The van der Waals surface area contributed by atoms with Gasteiger partial charge in [-0.2, -0.15) is 0 Å². The van der Waals surface area contributed by atoms with Gasteiger partial charge in [0.1, 0.15) is 0 Å². The molecule has 1 aromatic rings. The molecule has 1 N–H and O–H groups in total. The van der Waals surface area contributed by atoms with Crippen LogP contribution in [0.4, 0.5) is 0 Å². The van der Waals surface area contributed by atoms with E-state index in [-0.39, 0.29) is 23.1 Å². The van der Waals surface area contributed by atoms with Crippen molar-refractivity contribution in [3.63, 3.8) is 0 Å². The van der Waals surface area contributed by atoms with Crippen LogP contribution in [0.15, 0.2) is 28.7 Å². The molecule has 1 aliphatic rings. The maximum absolute atomic E-state index is 12.4. The smallest absolute Gasteiger partial charge is 0.234 e. The first-order valence-corrected chi connectivity index (χ1v) is 8.35. The Morgan fingerprint density at radius 3 is 2.52 bits per heavy atom. The minimum absolute atomic E-state index is 0.146. The molecule has 0 aromatic heterocycles. The lowest BCUT2D eigenvalue weighted by Crippen LogP contribution is -2.49. The predicted octanol–water partition coefficient (Wildman–Crippen LogP) is 4.17. The van der Waals surface area contributed by atoms with Crippen LogP contribution < -0.4 is 5.32 Å². The van der Waals surface area contributed by atoms with E-state index in [1.807, 2.05) is 24.3 Å². The fourth-order valence-electron chi connectivity index (χ4n) is 3.26. The summed E-state index contributed by atoms with van der Waals surface area (Å²) in [5.41, 5.74) is 0.699. The first-order valence-electron chi connectivity index (χ1n) is 7.55.